The lowest BCUT2D eigenvalue weighted by molar-refractivity contribution is -0.113. The van der Waals surface area contributed by atoms with Crippen LogP contribution in [0.4, 0.5) is 8.78 Å². The van der Waals surface area contributed by atoms with Crippen molar-refractivity contribution in [3.63, 3.8) is 0 Å². The maximum Gasteiger partial charge on any atom is 0.241 e. The third kappa shape index (κ3) is 3.02. The van der Waals surface area contributed by atoms with Gasteiger partial charge in [0, 0.05) is 12.1 Å². The largest absolute Gasteiger partial charge is 0.366 e. The molecule has 0 radical (unpaired) electrons. The molecule has 4 heteroatoms. The Morgan fingerprint density at radius 3 is 2.23 bits per heavy atom. The van der Waals surface area contributed by atoms with E-state index in [0.29, 0.717) is 0 Å². The highest BCUT2D eigenvalue weighted by molar-refractivity contribution is 5.90. The first-order chi connectivity index (χ1) is 6.08. The lowest BCUT2D eigenvalue weighted by Gasteiger charge is -1.94. The van der Waals surface area contributed by atoms with E-state index in [1.807, 2.05) is 0 Å². The molecule has 0 aliphatic carbocycles. The van der Waals surface area contributed by atoms with Crippen molar-refractivity contribution in [1.29, 1.82) is 0 Å². The number of benzene rings is 1. The Morgan fingerprint density at radius 1 is 1.23 bits per heavy atom. The van der Waals surface area contributed by atoms with Gasteiger partial charge in [-0.25, -0.2) is 8.78 Å². The van der Waals surface area contributed by atoms with Crippen LogP contribution in [0.25, 0.3) is 6.08 Å². The van der Waals surface area contributed by atoms with Crippen molar-refractivity contribution < 1.29 is 13.6 Å². The summed E-state index contributed by atoms with van der Waals surface area (Å²) in [6, 6.07) is 2.95. The summed E-state index contributed by atoms with van der Waals surface area (Å²) in [5.41, 5.74) is 5.06. The molecule has 0 atom stereocenters. The Labute approximate surface area is 73.7 Å². The van der Waals surface area contributed by atoms with Gasteiger partial charge < -0.3 is 5.73 Å². The normalized spacial score (nSPS) is 10.6. The van der Waals surface area contributed by atoms with Crippen LogP contribution in [-0.2, 0) is 4.79 Å². The molecule has 0 aromatic heterocycles. The average Bonchev–Trinajstić information content (AvgIpc) is 1.99. The topological polar surface area (TPSA) is 43.1 Å². The van der Waals surface area contributed by atoms with E-state index in [-0.39, 0.29) is 5.56 Å². The maximum absolute atomic E-state index is 12.6. The Morgan fingerprint density at radius 2 is 1.77 bits per heavy atom. The molecular formula is C9H7F2NO. The number of rotatable bonds is 2. The van der Waals surface area contributed by atoms with Crippen molar-refractivity contribution >= 4 is 12.0 Å². The van der Waals surface area contributed by atoms with Gasteiger partial charge in [-0.1, -0.05) is 0 Å². The number of primary amides is 1. The molecule has 0 unspecified atom stereocenters. The zero-order valence-corrected chi connectivity index (χ0v) is 6.63. The van der Waals surface area contributed by atoms with Crippen LogP contribution in [0.5, 0.6) is 0 Å². The van der Waals surface area contributed by atoms with Crippen LogP contribution >= 0.6 is 0 Å². The minimum Gasteiger partial charge on any atom is -0.366 e. The van der Waals surface area contributed by atoms with E-state index in [1.54, 1.807) is 0 Å². The van der Waals surface area contributed by atoms with E-state index in [2.05, 4.69) is 0 Å². The molecule has 0 heterocycles. The quantitative estimate of drug-likeness (QED) is 0.693. The molecule has 1 amide bonds. The third-order valence-corrected chi connectivity index (χ3v) is 1.32. The van der Waals surface area contributed by atoms with Crippen LogP contribution in [0.1, 0.15) is 5.56 Å². The van der Waals surface area contributed by atoms with Crippen molar-refractivity contribution in [3.8, 4) is 0 Å². The van der Waals surface area contributed by atoms with E-state index in [0.717, 1.165) is 24.3 Å². The molecule has 0 bridgehead atoms. The van der Waals surface area contributed by atoms with E-state index in [4.69, 9.17) is 5.73 Å². The SMILES string of the molecule is NC(=O)/C=C\c1cc(F)cc(F)c1. The summed E-state index contributed by atoms with van der Waals surface area (Å²) in [6.45, 7) is 0. The van der Waals surface area contributed by atoms with E-state index in [1.165, 1.54) is 6.08 Å². The van der Waals surface area contributed by atoms with Crippen LogP contribution in [0, 0.1) is 11.6 Å². The van der Waals surface area contributed by atoms with Gasteiger partial charge in [-0.05, 0) is 23.8 Å². The van der Waals surface area contributed by atoms with Gasteiger partial charge in [0.15, 0.2) is 0 Å². The van der Waals surface area contributed by atoms with Crippen LogP contribution in [-0.4, -0.2) is 5.91 Å². The number of carbonyl (C=O) groups excluding carboxylic acids is 1. The van der Waals surface area contributed by atoms with E-state index < -0.39 is 17.5 Å². The lowest BCUT2D eigenvalue weighted by Crippen LogP contribution is -2.05. The van der Waals surface area contributed by atoms with Gasteiger partial charge in [-0.2, -0.15) is 0 Å². The molecule has 2 N–H and O–H groups in total. The summed E-state index contributed by atoms with van der Waals surface area (Å²) < 4.78 is 25.1. The Kier molecular flexibility index (Phi) is 2.74. The Balaban J connectivity index is 2.95. The molecule has 1 rings (SSSR count). The van der Waals surface area contributed by atoms with Gasteiger partial charge in [0.25, 0.3) is 0 Å². The molecule has 0 saturated carbocycles. The summed E-state index contributed by atoms with van der Waals surface area (Å²) in [5, 5.41) is 0. The second-order valence-electron chi connectivity index (χ2n) is 2.44. The highest BCUT2D eigenvalue weighted by atomic mass is 19.1. The number of nitrogens with two attached hydrogens (primary N) is 1. The minimum absolute atomic E-state index is 0.260. The number of hydrogen-bond acceptors (Lipinski definition) is 1. The number of carbonyl (C=O) groups is 1. The predicted molar refractivity (Wildman–Crippen MR) is 44.6 cm³/mol. The monoisotopic (exact) mass is 183 g/mol. The molecule has 2 nitrogen and oxygen atoms in total. The second-order valence-corrected chi connectivity index (χ2v) is 2.44. The zero-order chi connectivity index (χ0) is 9.84. The summed E-state index contributed by atoms with van der Waals surface area (Å²) >= 11 is 0. The molecule has 1 aromatic carbocycles. The maximum atomic E-state index is 12.6. The first-order valence-electron chi connectivity index (χ1n) is 3.51. The van der Waals surface area contributed by atoms with E-state index >= 15 is 0 Å². The van der Waals surface area contributed by atoms with Gasteiger partial charge in [-0.3, -0.25) is 4.79 Å². The van der Waals surface area contributed by atoms with Crippen LogP contribution in [0.2, 0.25) is 0 Å². The lowest BCUT2D eigenvalue weighted by atomic mass is 10.2. The van der Waals surface area contributed by atoms with Gasteiger partial charge in [0.05, 0.1) is 0 Å². The van der Waals surface area contributed by atoms with Crippen LogP contribution in [0.3, 0.4) is 0 Å². The molecule has 0 spiro atoms. The Bertz CT molecular complexity index is 340. The number of halogens is 2. The van der Waals surface area contributed by atoms with Crippen molar-refractivity contribution in [3.05, 3.63) is 41.5 Å². The smallest absolute Gasteiger partial charge is 0.241 e. The highest BCUT2D eigenvalue weighted by Crippen LogP contribution is 2.08. The molecule has 0 aliphatic heterocycles. The fraction of sp³-hybridized carbons (Fsp3) is 0. The highest BCUT2D eigenvalue weighted by Gasteiger charge is 1.97. The summed E-state index contributed by atoms with van der Waals surface area (Å²) in [4.78, 5) is 10.3. The molecule has 68 valence electrons. The van der Waals surface area contributed by atoms with Crippen molar-refractivity contribution in [2.75, 3.05) is 0 Å². The molecule has 13 heavy (non-hydrogen) atoms. The summed E-state index contributed by atoms with van der Waals surface area (Å²) in [6.07, 6.45) is 2.28. The average molecular weight is 183 g/mol. The van der Waals surface area contributed by atoms with Gasteiger partial charge >= 0.3 is 0 Å². The molecule has 0 fully saturated rings. The van der Waals surface area contributed by atoms with Gasteiger partial charge in [0.1, 0.15) is 11.6 Å². The van der Waals surface area contributed by atoms with Gasteiger partial charge in [-0.15, -0.1) is 0 Å². The molecule has 1 aromatic rings. The minimum atomic E-state index is -0.691. The van der Waals surface area contributed by atoms with Gasteiger partial charge in [0.2, 0.25) is 5.91 Å². The standard InChI is InChI=1S/C9H7F2NO/c10-7-3-6(1-2-9(12)13)4-8(11)5-7/h1-5H,(H2,12,13)/b2-1-. The first kappa shape index (κ1) is 9.38. The molecule has 0 saturated heterocycles. The molecule has 0 aliphatic rings. The van der Waals surface area contributed by atoms with Crippen LogP contribution in [0.15, 0.2) is 24.3 Å². The fourth-order valence-corrected chi connectivity index (χ4v) is 0.850. The third-order valence-electron chi connectivity index (χ3n) is 1.32. The number of hydrogen-bond donors (Lipinski definition) is 1. The summed E-state index contributed by atoms with van der Waals surface area (Å²) in [5.74, 6) is -2.04. The predicted octanol–water partition coefficient (Wildman–Crippen LogP) is 1.46. The van der Waals surface area contributed by atoms with Crippen LogP contribution < -0.4 is 5.73 Å². The first-order valence-corrected chi connectivity index (χ1v) is 3.51. The summed E-state index contributed by atoms with van der Waals surface area (Å²) in [7, 11) is 0. The fourth-order valence-electron chi connectivity index (χ4n) is 0.850. The Hall–Kier alpha value is -1.71. The second kappa shape index (κ2) is 3.80. The molecular weight excluding hydrogens is 176 g/mol. The van der Waals surface area contributed by atoms with Crippen molar-refractivity contribution in [2.24, 2.45) is 5.73 Å². The van der Waals surface area contributed by atoms with Crippen molar-refractivity contribution in [1.82, 2.24) is 0 Å². The zero-order valence-electron chi connectivity index (χ0n) is 6.63. The van der Waals surface area contributed by atoms with Crippen molar-refractivity contribution in [2.45, 2.75) is 0 Å². The van der Waals surface area contributed by atoms with E-state index in [9.17, 15) is 13.6 Å². The number of amides is 1.